The van der Waals surface area contributed by atoms with E-state index in [0.29, 0.717) is 0 Å². The van der Waals surface area contributed by atoms with E-state index in [1.165, 1.54) is 38.5 Å². The van der Waals surface area contributed by atoms with Crippen LogP contribution >= 0.6 is 0 Å². The SMILES string of the molecule is CCCCCCCCCCCC(=O)OCC(O)CS(=O)(=O)O.[Na]. The van der Waals surface area contributed by atoms with Gasteiger partial charge in [0.05, 0.1) is 0 Å². The Hall–Kier alpha value is 0.340. The quantitative estimate of drug-likeness (QED) is 0.213. The van der Waals surface area contributed by atoms with Gasteiger partial charge in [0.1, 0.15) is 18.5 Å². The van der Waals surface area contributed by atoms with Crippen molar-refractivity contribution in [3.8, 4) is 0 Å². The van der Waals surface area contributed by atoms with E-state index >= 15 is 0 Å². The van der Waals surface area contributed by atoms with Crippen LogP contribution in [0.5, 0.6) is 0 Å². The predicted octanol–water partition coefficient (Wildman–Crippen LogP) is 2.32. The third-order valence-electron chi connectivity index (χ3n) is 3.32. The summed E-state index contributed by atoms with van der Waals surface area (Å²) >= 11 is 0. The minimum absolute atomic E-state index is 0. The molecule has 0 saturated carbocycles. The molecule has 0 aliphatic rings. The monoisotopic (exact) mass is 361 g/mol. The molecule has 0 aliphatic carbocycles. The zero-order valence-electron chi connectivity index (χ0n) is 14.5. The van der Waals surface area contributed by atoms with E-state index in [2.05, 4.69) is 6.92 Å². The molecule has 0 aliphatic heterocycles. The van der Waals surface area contributed by atoms with Gasteiger partial charge < -0.3 is 9.84 Å². The zero-order chi connectivity index (χ0) is 16.8. The molecule has 2 N–H and O–H groups in total. The summed E-state index contributed by atoms with van der Waals surface area (Å²) in [6.07, 6.45) is 9.25. The van der Waals surface area contributed by atoms with Crippen LogP contribution in [0.15, 0.2) is 0 Å². The van der Waals surface area contributed by atoms with Crippen LogP contribution in [-0.4, -0.2) is 72.1 Å². The molecule has 133 valence electrons. The number of aliphatic hydroxyl groups excluding tert-OH is 1. The third kappa shape index (κ3) is 20.3. The van der Waals surface area contributed by atoms with Crippen LogP contribution in [0.25, 0.3) is 0 Å². The fourth-order valence-corrected chi connectivity index (χ4v) is 2.72. The fourth-order valence-electron chi connectivity index (χ4n) is 2.13. The normalized spacial score (nSPS) is 12.5. The van der Waals surface area contributed by atoms with E-state index in [4.69, 9.17) is 9.29 Å². The van der Waals surface area contributed by atoms with Crippen molar-refractivity contribution in [2.24, 2.45) is 0 Å². The topological polar surface area (TPSA) is 101 Å². The number of unbranched alkanes of at least 4 members (excludes halogenated alkanes) is 8. The molecule has 0 aromatic rings. The summed E-state index contributed by atoms with van der Waals surface area (Å²) in [6, 6.07) is 0. The summed E-state index contributed by atoms with van der Waals surface area (Å²) in [4.78, 5) is 11.4. The Morgan fingerprint density at radius 1 is 1.00 bits per heavy atom. The van der Waals surface area contributed by atoms with Gasteiger partial charge in [-0.1, -0.05) is 58.3 Å². The molecule has 0 aromatic carbocycles. The molecule has 1 radical (unpaired) electrons. The first-order valence-corrected chi connectivity index (χ1v) is 9.75. The molecule has 0 heterocycles. The second-order valence-corrected chi connectivity index (χ2v) is 7.16. The molecule has 0 fully saturated rings. The number of rotatable bonds is 14. The molecule has 0 rings (SSSR count). The van der Waals surface area contributed by atoms with Crippen LogP contribution in [0.2, 0.25) is 0 Å². The number of esters is 1. The van der Waals surface area contributed by atoms with Crippen LogP contribution in [0.4, 0.5) is 0 Å². The van der Waals surface area contributed by atoms with Gasteiger partial charge in [-0.2, -0.15) is 8.42 Å². The fraction of sp³-hybridized carbons (Fsp3) is 0.933. The second kappa shape index (κ2) is 15.8. The smallest absolute Gasteiger partial charge is 0.305 e. The predicted molar refractivity (Wildman–Crippen MR) is 91.0 cm³/mol. The first-order chi connectivity index (χ1) is 10.3. The average Bonchev–Trinajstić information content (AvgIpc) is 2.41. The number of hydrogen-bond acceptors (Lipinski definition) is 5. The Morgan fingerprint density at radius 2 is 1.48 bits per heavy atom. The van der Waals surface area contributed by atoms with E-state index in [0.717, 1.165) is 19.3 Å². The summed E-state index contributed by atoms with van der Waals surface area (Å²) in [5.74, 6) is -1.27. The summed E-state index contributed by atoms with van der Waals surface area (Å²) in [7, 11) is -4.25. The Bertz CT molecular complexity index is 385. The minimum atomic E-state index is -4.25. The van der Waals surface area contributed by atoms with E-state index in [1.807, 2.05) is 0 Å². The molecule has 23 heavy (non-hydrogen) atoms. The maximum Gasteiger partial charge on any atom is 0.305 e. The van der Waals surface area contributed by atoms with E-state index in [-0.39, 0.29) is 36.0 Å². The number of ether oxygens (including phenoxy) is 1. The minimum Gasteiger partial charge on any atom is -0.463 e. The van der Waals surface area contributed by atoms with Gasteiger partial charge in [0.15, 0.2) is 0 Å². The van der Waals surface area contributed by atoms with Crippen molar-refractivity contribution in [1.29, 1.82) is 0 Å². The number of carbonyl (C=O) groups excluding carboxylic acids is 1. The molecular formula is C15H30NaO6S. The van der Waals surface area contributed by atoms with Gasteiger partial charge in [0.25, 0.3) is 10.1 Å². The Balaban J connectivity index is 0. The molecule has 0 amide bonds. The van der Waals surface area contributed by atoms with Gasteiger partial charge in [0.2, 0.25) is 0 Å². The van der Waals surface area contributed by atoms with Crippen LogP contribution in [-0.2, 0) is 19.6 Å². The summed E-state index contributed by atoms with van der Waals surface area (Å²) in [5, 5.41) is 9.25. The van der Waals surface area contributed by atoms with Gasteiger partial charge in [-0.25, -0.2) is 0 Å². The van der Waals surface area contributed by atoms with E-state index in [9.17, 15) is 18.3 Å². The Labute approximate surface area is 162 Å². The average molecular weight is 361 g/mol. The zero-order valence-corrected chi connectivity index (χ0v) is 17.3. The van der Waals surface area contributed by atoms with Gasteiger partial charge in [0, 0.05) is 36.0 Å². The maximum atomic E-state index is 11.4. The van der Waals surface area contributed by atoms with Crippen molar-refractivity contribution < 1.29 is 27.6 Å². The first-order valence-electron chi connectivity index (χ1n) is 8.14. The largest absolute Gasteiger partial charge is 0.463 e. The number of hydrogen-bond donors (Lipinski definition) is 2. The maximum absolute atomic E-state index is 11.4. The van der Waals surface area contributed by atoms with Gasteiger partial charge >= 0.3 is 5.97 Å². The summed E-state index contributed by atoms with van der Waals surface area (Å²) < 4.78 is 34.3. The Kier molecular flexibility index (Phi) is 17.6. The Morgan fingerprint density at radius 3 is 1.96 bits per heavy atom. The molecule has 6 nitrogen and oxygen atoms in total. The third-order valence-corrected chi connectivity index (χ3v) is 4.13. The van der Waals surface area contributed by atoms with Crippen molar-refractivity contribution in [1.82, 2.24) is 0 Å². The molecular weight excluding hydrogens is 331 g/mol. The molecule has 0 bridgehead atoms. The van der Waals surface area contributed by atoms with E-state index in [1.54, 1.807) is 0 Å². The molecule has 1 atom stereocenters. The van der Waals surface area contributed by atoms with E-state index < -0.39 is 34.6 Å². The number of carbonyl (C=O) groups is 1. The van der Waals surface area contributed by atoms with Crippen molar-refractivity contribution in [3.63, 3.8) is 0 Å². The molecule has 0 saturated heterocycles. The van der Waals surface area contributed by atoms with Gasteiger partial charge in [-0.15, -0.1) is 0 Å². The van der Waals surface area contributed by atoms with Gasteiger partial charge in [-0.3, -0.25) is 9.35 Å². The van der Waals surface area contributed by atoms with Crippen molar-refractivity contribution in [3.05, 3.63) is 0 Å². The van der Waals surface area contributed by atoms with Crippen molar-refractivity contribution in [2.75, 3.05) is 12.4 Å². The second-order valence-electron chi connectivity index (χ2n) is 5.66. The molecule has 0 spiro atoms. The molecule has 8 heteroatoms. The van der Waals surface area contributed by atoms with Crippen LogP contribution in [0.3, 0.4) is 0 Å². The van der Waals surface area contributed by atoms with Crippen LogP contribution in [0, 0.1) is 0 Å². The van der Waals surface area contributed by atoms with Crippen molar-refractivity contribution in [2.45, 2.75) is 77.2 Å². The molecule has 1 unspecified atom stereocenters. The number of aliphatic hydroxyl groups is 1. The van der Waals surface area contributed by atoms with Gasteiger partial charge in [-0.05, 0) is 6.42 Å². The van der Waals surface area contributed by atoms with Crippen molar-refractivity contribution >= 4 is 45.6 Å². The van der Waals surface area contributed by atoms with Crippen LogP contribution in [0.1, 0.15) is 71.1 Å². The summed E-state index contributed by atoms with van der Waals surface area (Å²) in [6.45, 7) is 1.79. The standard InChI is InChI=1S/C15H30O6S.Na/c1-2-3-4-5-6-7-8-9-10-11-15(17)21-12-14(16)13-22(18,19)20;/h14,16H,2-13H2,1H3,(H,18,19,20);. The van der Waals surface area contributed by atoms with Crippen LogP contribution < -0.4 is 0 Å². The first kappa shape index (κ1) is 25.6. The summed E-state index contributed by atoms with van der Waals surface area (Å²) in [5.41, 5.74) is 0. The molecule has 0 aromatic heterocycles.